The lowest BCUT2D eigenvalue weighted by molar-refractivity contribution is -0.0379. The van der Waals surface area contributed by atoms with E-state index in [9.17, 15) is 0 Å². The maximum absolute atomic E-state index is 6.69. The average Bonchev–Trinajstić information content (AvgIpc) is 3.42. The predicted octanol–water partition coefficient (Wildman–Crippen LogP) is 4.04. The van der Waals surface area contributed by atoms with Gasteiger partial charge in [0.2, 0.25) is 11.8 Å². The summed E-state index contributed by atoms with van der Waals surface area (Å²) in [5.74, 6) is 1.24. The van der Waals surface area contributed by atoms with Crippen LogP contribution in [0.25, 0.3) is 10.2 Å². The number of morpholine rings is 1. The Balaban J connectivity index is 1.27. The summed E-state index contributed by atoms with van der Waals surface area (Å²) in [5, 5.41) is 8.62. The predicted molar refractivity (Wildman–Crippen MR) is 136 cm³/mol. The maximum Gasteiger partial charge on any atom is 0.232 e. The zero-order valence-electron chi connectivity index (χ0n) is 20.7. The van der Waals surface area contributed by atoms with E-state index in [1.807, 2.05) is 13.2 Å². The lowest BCUT2D eigenvalue weighted by atomic mass is 9.91. The minimum Gasteiger partial charge on any atom is -0.474 e. The molecule has 2 fully saturated rings. The van der Waals surface area contributed by atoms with E-state index in [2.05, 4.69) is 29.2 Å². The summed E-state index contributed by atoms with van der Waals surface area (Å²) in [4.78, 5) is 14.5. The molecule has 3 aromatic rings. The summed E-state index contributed by atoms with van der Waals surface area (Å²) in [6.07, 6.45) is 9.08. The normalized spacial score (nSPS) is 24.9. The van der Waals surface area contributed by atoms with Crippen LogP contribution in [0, 0.1) is 0 Å². The number of anilines is 2. The molecule has 1 aliphatic carbocycles. The van der Waals surface area contributed by atoms with Gasteiger partial charge in [0.15, 0.2) is 0 Å². The number of fused-ring (bicyclic) bond motifs is 3. The second kappa shape index (κ2) is 9.31. The molecule has 1 saturated heterocycles. The highest BCUT2D eigenvalue weighted by atomic mass is 32.1. The van der Waals surface area contributed by atoms with E-state index in [0.29, 0.717) is 24.5 Å². The van der Waals surface area contributed by atoms with Crippen molar-refractivity contribution in [2.75, 3.05) is 31.6 Å². The SMILES string of the molecule is Cn1cc(Nc2nc(O[C@H]3CC[C@H](N4CCOCC4)CC3)c3c4c(sc3n2)COC(C)(C)C4)cn1. The van der Waals surface area contributed by atoms with Gasteiger partial charge in [0.1, 0.15) is 10.9 Å². The molecule has 3 aliphatic rings. The van der Waals surface area contributed by atoms with Gasteiger partial charge in [-0.2, -0.15) is 10.1 Å². The molecule has 3 aromatic heterocycles. The van der Waals surface area contributed by atoms with Crippen LogP contribution in [0.1, 0.15) is 50.0 Å². The molecule has 10 heteroatoms. The summed E-state index contributed by atoms with van der Waals surface area (Å²) in [6, 6.07) is 0.638. The van der Waals surface area contributed by atoms with Crippen molar-refractivity contribution in [3.05, 3.63) is 22.8 Å². The Hall–Kier alpha value is -2.27. The maximum atomic E-state index is 6.69. The fourth-order valence-corrected chi connectivity index (χ4v) is 6.59. The minimum absolute atomic E-state index is 0.167. The Labute approximate surface area is 209 Å². The summed E-state index contributed by atoms with van der Waals surface area (Å²) < 4.78 is 20.1. The molecule has 9 nitrogen and oxygen atoms in total. The first kappa shape index (κ1) is 23.1. The van der Waals surface area contributed by atoms with Gasteiger partial charge in [-0.3, -0.25) is 9.58 Å². The third-order valence-electron chi connectivity index (χ3n) is 7.34. The van der Waals surface area contributed by atoms with Crippen LogP contribution in [0.3, 0.4) is 0 Å². The Kier molecular flexibility index (Phi) is 6.16. The van der Waals surface area contributed by atoms with Crippen LogP contribution >= 0.6 is 11.3 Å². The van der Waals surface area contributed by atoms with Crippen LogP contribution in [0.5, 0.6) is 5.88 Å². The first-order valence-corrected chi connectivity index (χ1v) is 13.5. The molecular formula is C25H34N6O3S. The Morgan fingerprint density at radius 1 is 1.14 bits per heavy atom. The summed E-state index contributed by atoms with van der Waals surface area (Å²) in [5.41, 5.74) is 1.93. The quantitative estimate of drug-likeness (QED) is 0.564. The number of ether oxygens (including phenoxy) is 3. The lowest BCUT2D eigenvalue weighted by Crippen LogP contribution is -2.46. The van der Waals surface area contributed by atoms with E-state index in [0.717, 1.165) is 74.3 Å². The third-order valence-corrected chi connectivity index (χ3v) is 8.44. The molecule has 0 radical (unpaired) electrons. The highest BCUT2D eigenvalue weighted by molar-refractivity contribution is 7.18. The molecule has 2 aliphatic heterocycles. The highest BCUT2D eigenvalue weighted by Gasteiger charge is 2.33. The van der Waals surface area contributed by atoms with Crippen molar-refractivity contribution in [1.29, 1.82) is 0 Å². The first-order valence-electron chi connectivity index (χ1n) is 12.6. The number of aryl methyl sites for hydroxylation is 1. The summed E-state index contributed by atoms with van der Waals surface area (Å²) in [6.45, 7) is 8.70. The number of nitrogens with zero attached hydrogens (tertiary/aromatic N) is 5. The van der Waals surface area contributed by atoms with Gasteiger partial charge >= 0.3 is 0 Å². The molecule has 0 bridgehead atoms. The molecule has 1 N–H and O–H groups in total. The Bertz CT molecular complexity index is 1190. The van der Waals surface area contributed by atoms with Crippen LogP contribution in [-0.4, -0.2) is 68.7 Å². The van der Waals surface area contributed by atoms with Crippen molar-refractivity contribution >= 4 is 33.2 Å². The van der Waals surface area contributed by atoms with Crippen LogP contribution in [0.4, 0.5) is 11.6 Å². The van der Waals surface area contributed by atoms with Gasteiger partial charge in [0.25, 0.3) is 0 Å². The number of thiophene rings is 1. The molecule has 0 aromatic carbocycles. The number of hydrogen-bond donors (Lipinski definition) is 1. The minimum atomic E-state index is -0.207. The zero-order valence-corrected chi connectivity index (χ0v) is 21.6. The van der Waals surface area contributed by atoms with Gasteiger partial charge in [-0.05, 0) is 45.1 Å². The number of nitrogens with one attached hydrogen (secondary N) is 1. The van der Waals surface area contributed by atoms with Gasteiger partial charge in [-0.1, -0.05) is 0 Å². The molecule has 188 valence electrons. The molecule has 6 rings (SSSR count). The number of rotatable bonds is 5. The summed E-state index contributed by atoms with van der Waals surface area (Å²) >= 11 is 1.69. The first-order chi connectivity index (χ1) is 16.9. The van der Waals surface area contributed by atoms with Crippen molar-refractivity contribution in [2.45, 2.75) is 70.3 Å². The molecule has 0 unspecified atom stereocenters. The molecule has 0 amide bonds. The van der Waals surface area contributed by atoms with Crippen LogP contribution in [0.15, 0.2) is 12.4 Å². The highest BCUT2D eigenvalue weighted by Crippen LogP contribution is 2.43. The third kappa shape index (κ3) is 4.89. The number of hydrogen-bond acceptors (Lipinski definition) is 9. The van der Waals surface area contributed by atoms with Gasteiger partial charge < -0.3 is 19.5 Å². The van der Waals surface area contributed by atoms with Gasteiger partial charge in [0.05, 0.1) is 42.7 Å². The topological polar surface area (TPSA) is 86.6 Å². The van der Waals surface area contributed by atoms with Crippen molar-refractivity contribution in [2.24, 2.45) is 7.05 Å². The molecule has 1 saturated carbocycles. The second-order valence-electron chi connectivity index (χ2n) is 10.5. The van der Waals surface area contributed by atoms with E-state index >= 15 is 0 Å². The van der Waals surface area contributed by atoms with Crippen molar-refractivity contribution in [3.63, 3.8) is 0 Å². The molecular weight excluding hydrogens is 464 g/mol. The van der Waals surface area contributed by atoms with E-state index in [1.54, 1.807) is 22.2 Å². The average molecular weight is 499 g/mol. The van der Waals surface area contributed by atoms with Crippen molar-refractivity contribution < 1.29 is 14.2 Å². The van der Waals surface area contributed by atoms with Crippen LogP contribution in [-0.2, 0) is 29.5 Å². The molecule has 0 spiro atoms. The fraction of sp³-hybridized carbons (Fsp3) is 0.640. The van der Waals surface area contributed by atoms with E-state index in [4.69, 9.17) is 24.2 Å². The zero-order chi connectivity index (χ0) is 24.0. The van der Waals surface area contributed by atoms with E-state index in [-0.39, 0.29) is 11.7 Å². The van der Waals surface area contributed by atoms with Crippen LogP contribution < -0.4 is 10.1 Å². The largest absolute Gasteiger partial charge is 0.474 e. The second-order valence-corrected chi connectivity index (χ2v) is 11.6. The Morgan fingerprint density at radius 3 is 2.69 bits per heavy atom. The van der Waals surface area contributed by atoms with E-state index < -0.39 is 0 Å². The molecule has 35 heavy (non-hydrogen) atoms. The lowest BCUT2D eigenvalue weighted by Gasteiger charge is -2.38. The number of aromatic nitrogens is 4. The Morgan fingerprint density at radius 2 is 1.94 bits per heavy atom. The van der Waals surface area contributed by atoms with Crippen LogP contribution in [0.2, 0.25) is 0 Å². The fourth-order valence-electron chi connectivity index (χ4n) is 5.50. The monoisotopic (exact) mass is 498 g/mol. The standard InChI is InChI=1S/C25H34N6O3S/c1-25(2)12-19-20(15-33-25)35-23-21(19)22(28-24(29-23)27-16-13-26-30(3)14-16)34-18-6-4-17(5-7-18)31-8-10-32-11-9-31/h13-14,17-18H,4-12,15H2,1-3H3,(H,27,28,29)/t17-,18-. The van der Waals surface area contributed by atoms with Crippen molar-refractivity contribution in [3.8, 4) is 5.88 Å². The van der Waals surface area contributed by atoms with Crippen molar-refractivity contribution in [1.82, 2.24) is 24.6 Å². The van der Waals surface area contributed by atoms with E-state index in [1.165, 1.54) is 10.4 Å². The van der Waals surface area contributed by atoms with Gasteiger partial charge in [-0.25, -0.2) is 4.98 Å². The van der Waals surface area contributed by atoms with Gasteiger partial charge in [0, 0.05) is 43.7 Å². The molecule has 5 heterocycles. The molecule has 0 atom stereocenters. The smallest absolute Gasteiger partial charge is 0.232 e. The van der Waals surface area contributed by atoms with Gasteiger partial charge in [-0.15, -0.1) is 11.3 Å². The summed E-state index contributed by atoms with van der Waals surface area (Å²) in [7, 11) is 1.89.